The lowest BCUT2D eigenvalue weighted by atomic mass is 9.97. The standard InChI is InChI=1S/C50H33NS/c1-2-10-34(11-3-1)36-22-27-42(28-23-36)51(47-16-8-6-14-44(47)41-21-18-35-12-4-5-13-39(35)32-41)43-29-24-37(25-30-43)40-20-19-38-26-31-49-50(46(38)33-40)45-15-7-9-17-48(45)52-49/h1-33H. The number of rotatable bonds is 6. The van der Waals surface area contributed by atoms with Crippen molar-refractivity contribution in [2.75, 3.05) is 4.90 Å². The zero-order chi connectivity index (χ0) is 34.4. The van der Waals surface area contributed by atoms with Crippen molar-refractivity contribution in [1.82, 2.24) is 0 Å². The summed E-state index contributed by atoms with van der Waals surface area (Å²) in [7, 11) is 0. The molecule has 244 valence electrons. The monoisotopic (exact) mass is 679 g/mol. The van der Waals surface area contributed by atoms with Crippen LogP contribution in [0.3, 0.4) is 0 Å². The van der Waals surface area contributed by atoms with Crippen LogP contribution in [0.1, 0.15) is 0 Å². The van der Waals surface area contributed by atoms with Gasteiger partial charge in [0.05, 0.1) is 5.69 Å². The van der Waals surface area contributed by atoms with E-state index in [0.29, 0.717) is 0 Å². The maximum Gasteiger partial charge on any atom is 0.0540 e. The fourth-order valence-corrected chi connectivity index (χ4v) is 8.78. The topological polar surface area (TPSA) is 3.24 Å². The molecule has 0 aliphatic heterocycles. The molecule has 0 atom stereocenters. The molecule has 2 heteroatoms. The van der Waals surface area contributed by atoms with Gasteiger partial charge in [-0.25, -0.2) is 0 Å². The molecule has 0 aliphatic rings. The van der Waals surface area contributed by atoms with Crippen LogP contribution in [0.4, 0.5) is 17.1 Å². The Bertz CT molecular complexity index is 2890. The highest BCUT2D eigenvalue weighted by Gasteiger charge is 2.18. The van der Waals surface area contributed by atoms with E-state index in [1.807, 2.05) is 11.3 Å². The van der Waals surface area contributed by atoms with Crippen LogP contribution in [0.15, 0.2) is 200 Å². The molecule has 0 N–H and O–H groups in total. The molecule has 0 radical (unpaired) electrons. The summed E-state index contributed by atoms with van der Waals surface area (Å²) in [5.41, 5.74) is 10.6. The Hall–Kier alpha value is -6.48. The summed E-state index contributed by atoms with van der Waals surface area (Å²) < 4.78 is 2.67. The van der Waals surface area contributed by atoms with Crippen LogP contribution in [-0.4, -0.2) is 0 Å². The summed E-state index contributed by atoms with van der Waals surface area (Å²) in [6.45, 7) is 0. The molecule has 1 aromatic heterocycles. The van der Waals surface area contributed by atoms with Gasteiger partial charge in [-0.05, 0) is 104 Å². The van der Waals surface area contributed by atoms with Gasteiger partial charge in [-0.3, -0.25) is 0 Å². The number of benzene rings is 9. The van der Waals surface area contributed by atoms with Crippen molar-refractivity contribution in [3.63, 3.8) is 0 Å². The van der Waals surface area contributed by atoms with E-state index < -0.39 is 0 Å². The maximum absolute atomic E-state index is 2.39. The third kappa shape index (κ3) is 5.33. The highest BCUT2D eigenvalue weighted by molar-refractivity contribution is 7.26. The number of fused-ring (bicyclic) bond motifs is 6. The molecule has 0 unspecified atom stereocenters. The van der Waals surface area contributed by atoms with Crippen molar-refractivity contribution in [3.8, 4) is 33.4 Å². The maximum atomic E-state index is 2.39. The molecule has 0 amide bonds. The Morgan fingerprint density at radius 2 is 0.904 bits per heavy atom. The largest absolute Gasteiger partial charge is 0.310 e. The van der Waals surface area contributed by atoms with Crippen molar-refractivity contribution < 1.29 is 0 Å². The first-order valence-electron chi connectivity index (χ1n) is 17.8. The molecule has 9 aromatic carbocycles. The molecule has 10 aromatic rings. The molecule has 1 heterocycles. The second kappa shape index (κ2) is 12.7. The van der Waals surface area contributed by atoms with Crippen LogP contribution in [-0.2, 0) is 0 Å². The van der Waals surface area contributed by atoms with Gasteiger partial charge in [0.1, 0.15) is 0 Å². The molecule has 0 saturated heterocycles. The first-order chi connectivity index (χ1) is 25.8. The number of thiophene rings is 1. The van der Waals surface area contributed by atoms with Crippen molar-refractivity contribution in [3.05, 3.63) is 200 Å². The van der Waals surface area contributed by atoms with Crippen LogP contribution in [0.2, 0.25) is 0 Å². The average molecular weight is 680 g/mol. The second-order valence-corrected chi connectivity index (χ2v) is 14.4. The van der Waals surface area contributed by atoms with Gasteiger partial charge in [-0.1, -0.05) is 146 Å². The quantitative estimate of drug-likeness (QED) is 0.169. The van der Waals surface area contributed by atoms with Crippen LogP contribution in [0.5, 0.6) is 0 Å². The molecule has 0 bridgehead atoms. The van der Waals surface area contributed by atoms with Gasteiger partial charge < -0.3 is 4.90 Å². The van der Waals surface area contributed by atoms with Gasteiger partial charge in [-0.15, -0.1) is 11.3 Å². The highest BCUT2D eigenvalue weighted by Crippen LogP contribution is 2.43. The lowest BCUT2D eigenvalue weighted by molar-refractivity contribution is 1.28. The molecular weight excluding hydrogens is 647 g/mol. The van der Waals surface area contributed by atoms with Gasteiger partial charge in [-0.2, -0.15) is 0 Å². The highest BCUT2D eigenvalue weighted by atomic mass is 32.1. The molecule has 1 nitrogen and oxygen atoms in total. The van der Waals surface area contributed by atoms with Gasteiger partial charge >= 0.3 is 0 Å². The van der Waals surface area contributed by atoms with E-state index in [2.05, 4.69) is 205 Å². The minimum atomic E-state index is 1.11. The molecular formula is C50H33NS. The number of para-hydroxylation sites is 1. The predicted molar refractivity (Wildman–Crippen MR) is 225 cm³/mol. The smallest absolute Gasteiger partial charge is 0.0540 e. The third-order valence-electron chi connectivity index (χ3n) is 10.3. The van der Waals surface area contributed by atoms with Crippen LogP contribution in [0.25, 0.3) is 75.1 Å². The number of nitrogens with zero attached hydrogens (tertiary/aromatic N) is 1. The van der Waals surface area contributed by atoms with E-state index in [1.165, 1.54) is 75.1 Å². The Balaban J connectivity index is 1.09. The lowest BCUT2D eigenvalue weighted by Gasteiger charge is -2.28. The number of hydrogen-bond acceptors (Lipinski definition) is 2. The summed E-state index contributed by atoms with van der Waals surface area (Å²) in [6.07, 6.45) is 0. The third-order valence-corrected chi connectivity index (χ3v) is 11.4. The summed E-state index contributed by atoms with van der Waals surface area (Å²) in [4.78, 5) is 2.39. The number of anilines is 3. The Labute approximate surface area is 307 Å². The van der Waals surface area contributed by atoms with Crippen molar-refractivity contribution in [2.24, 2.45) is 0 Å². The number of hydrogen-bond donors (Lipinski definition) is 0. The summed E-state index contributed by atoms with van der Waals surface area (Å²) in [6, 6.07) is 72.9. The van der Waals surface area contributed by atoms with Crippen molar-refractivity contribution >= 4 is 70.1 Å². The predicted octanol–water partition coefficient (Wildman–Crippen LogP) is 14.8. The SMILES string of the molecule is c1ccc(-c2ccc(N(c3ccc(-c4ccc5ccc6sc7ccccc7c6c5c4)cc3)c3ccccc3-c3ccc4ccccc4c3)cc2)cc1. The first kappa shape index (κ1) is 30.4. The fourth-order valence-electron chi connectivity index (χ4n) is 7.66. The molecule has 0 saturated carbocycles. The molecule has 0 aliphatic carbocycles. The van der Waals surface area contributed by atoms with E-state index in [1.54, 1.807) is 0 Å². The fraction of sp³-hybridized carbons (Fsp3) is 0. The van der Waals surface area contributed by atoms with E-state index in [-0.39, 0.29) is 0 Å². The molecule has 0 spiro atoms. The summed E-state index contributed by atoms with van der Waals surface area (Å²) >= 11 is 1.87. The van der Waals surface area contributed by atoms with Gasteiger partial charge in [0.2, 0.25) is 0 Å². The summed E-state index contributed by atoms with van der Waals surface area (Å²) in [5.74, 6) is 0. The van der Waals surface area contributed by atoms with Crippen molar-refractivity contribution in [2.45, 2.75) is 0 Å². The lowest BCUT2D eigenvalue weighted by Crippen LogP contribution is -2.11. The summed E-state index contributed by atoms with van der Waals surface area (Å²) in [5, 5.41) is 7.75. The van der Waals surface area contributed by atoms with E-state index in [9.17, 15) is 0 Å². The zero-order valence-electron chi connectivity index (χ0n) is 28.4. The minimum absolute atomic E-state index is 1.11. The molecule has 52 heavy (non-hydrogen) atoms. The molecule has 0 fully saturated rings. The van der Waals surface area contributed by atoms with Crippen LogP contribution in [0, 0.1) is 0 Å². The van der Waals surface area contributed by atoms with Crippen LogP contribution >= 0.6 is 11.3 Å². The van der Waals surface area contributed by atoms with E-state index in [4.69, 9.17) is 0 Å². The van der Waals surface area contributed by atoms with E-state index >= 15 is 0 Å². The van der Waals surface area contributed by atoms with Gasteiger partial charge in [0, 0.05) is 37.1 Å². The van der Waals surface area contributed by atoms with Gasteiger partial charge in [0.25, 0.3) is 0 Å². The van der Waals surface area contributed by atoms with Crippen LogP contribution < -0.4 is 4.90 Å². The normalized spacial score (nSPS) is 11.5. The Kier molecular flexibility index (Phi) is 7.41. The second-order valence-electron chi connectivity index (χ2n) is 13.3. The van der Waals surface area contributed by atoms with E-state index in [0.717, 1.165) is 17.1 Å². The Morgan fingerprint density at radius 3 is 1.71 bits per heavy atom. The van der Waals surface area contributed by atoms with Gasteiger partial charge in [0.15, 0.2) is 0 Å². The average Bonchev–Trinajstić information content (AvgIpc) is 3.61. The van der Waals surface area contributed by atoms with Crippen molar-refractivity contribution in [1.29, 1.82) is 0 Å². The zero-order valence-corrected chi connectivity index (χ0v) is 29.2. The first-order valence-corrected chi connectivity index (χ1v) is 18.6. The minimum Gasteiger partial charge on any atom is -0.310 e. The molecule has 10 rings (SSSR count). The Morgan fingerprint density at radius 1 is 0.327 bits per heavy atom.